The van der Waals surface area contributed by atoms with Gasteiger partial charge in [-0.1, -0.05) is 24.3 Å². The van der Waals surface area contributed by atoms with Crippen LogP contribution in [0.1, 0.15) is 5.56 Å². The lowest BCUT2D eigenvalue weighted by atomic mass is 10.1. The van der Waals surface area contributed by atoms with Gasteiger partial charge in [0.2, 0.25) is 11.7 Å². The highest BCUT2D eigenvalue weighted by Crippen LogP contribution is 2.19. The van der Waals surface area contributed by atoms with Gasteiger partial charge < -0.3 is 14.8 Å². The van der Waals surface area contributed by atoms with Crippen molar-refractivity contribution < 1.29 is 23.0 Å². The van der Waals surface area contributed by atoms with E-state index in [2.05, 4.69) is 25.5 Å². The number of benzene rings is 2. The Kier molecular flexibility index (Phi) is 6.67. The maximum atomic E-state index is 12.1. The van der Waals surface area contributed by atoms with Crippen LogP contribution in [-0.4, -0.2) is 46.4 Å². The molecule has 0 aliphatic heterocycles. The van der Waals surface area contributed by atoms with Crippen molar-refractivity contribution in [1.82, 2.24) is 25.5 Å². The van der Waals surface area contributed by atoms with E-state index in [4.69, 9.17) is 4.74 Å². The average Bonchev–Trinajstić information content (AvgIpc) is 3.17. The summed E-state index contributed by atoms with van der Waals surface area (Å²) in [6.45, 7) is -2.54. The molecule has 0 aliphatic rings. The standard InChI is InChI=1S/C19H19F2N5O3/c1-28-16-4-2-3-14(11-16)18-23-25-26(24-18)12-17(27)22-10-9-13-5-7-15(8-6-13)29-19(20)21/h2-8,11,19H,9-10,12H2,1H3,(H,22,27). The van der Waals surface area contributed by atoms with Crippen LogP contribution >= 0.6 is 0 Å². The zero-order chi connectivity index (χ0) is 20.6. The van der Waals surface area contributed by atoms with Gasteiger partial charge in [0.1, 0.15) is 18.0 Å². The number of methoxy groups -OCH3 is 1. The highest BCUT2D eigenvalue weighted by atomic mass is 19.3. The molecule has 3 aromatic rings. The van der Waals surface area contributed by atoms with Crippen LogP contribution in [0.5, 0.6) is 11.5 Å². The smallest absolute Gasteiger partial charge is 0.387 e. The molecule has 1 amide bonds. The Morgan fingerprint density at radius 2 is 1.97 bits per heavy atom. The van der Waals surface area contributed by atoms with Crippen molar-refractivity contribution in [2.75, 3.05) is 13.7 Å². The molecule has 0 saturated carbocycles. The SMILES string of the molecule is COc1cccc(-c2nnn(CC(=O)NCCc3ccc(OC(F)F)cc3)n2)c1. The van der Waals surface area contributed by atoms with Crippen LogP contribution in [-0.2, 0) is 17.8 Å². The molecule has 1 N–H and O–H groups in total. The predicted octanol–water partition coefficient (Wildman–Crippen LogP) is 2.31. The molecule has 0 radical (unpaired) electrons. The molecule has 29 heavy (non-hydrogen) atoms. The number of rotatable bonds is 9. The molecule has 3 rings (SSSR count). The maximum Gasteiger partial charge on any atom is 0.387 e. The van der Waals surface area contributed by atoms with Crippen LogP contribution in [0.25, 0.3) is 11.4 Å². The van der Waals surface area contributed by atoms with Crippen LogP contribution in [0, 0.1) is 0 Å². The van der Waals surface area contributed by atoms with Gasteiger partial charge in [0.05, 0.1) is 7.11 Å². The Balaban J connectivity index is 1.47. The third-order valence-electron chi connectivity index (χ3n) is 3.95. The quantitative estimate of drug-likeness (QED) is 0.590. The first-order valence-corrected chi connectivity index (χ1v) is 8.76. The fourth-order valence-corrected chi connectivity index (χ4v) is 2.56. The lowest BCUT2D eigenvalue weighted by Crippen LogP contribution is -2.30. The largest absolute Gasteiger partial charge is 0.497 e. The summed E-state index contributed by atoms with van der Waals surface area (Å²) in [5.41, 5.74) is 1.61. The number of nitrogens with one attached hydrogen (secondary N) is 1. The van der Waals surface area contributed by atoms with Gasteiger partial charge in [-0.2, -0.15) is 13.6 Å². The molecule has 1 aromatic heterocycles. The highest BCUT2D eigenvalue weighted by Gasteiger charge is 2.10. The number of carbonyl (C=O) groups is 1. The van der Waals surface area contributed by atoms with Gasteiger partial charge in [0.15, 0.2) is 0 Å². The number of tetrazole rings is 1. The molecule has 2 aromatic carbocycles. The summed E-state index contributed by atoms with van der Waals surface area (Å²) >= 11 is 0. The van der Waals surface area contributed by atoms with Gasteiger partial charge in [0.25, 0.3) is 0 Å². The van der Waals surface area contributed by atoms with E-state index in [1.54, 1.807) is 31.4 Å². The number of hydrogen-bond acceptors (Lipinski definition) is 6. The minimum Gasteiger partial charge on any atom is -0.497 e. The van der Waals surface area contributed by atoms with E-state index in [0.717, 1.165) is 11.1 Å². The van der Waals surface area contributed by atoms with E-state index in [1.165, 1.54) is 16.9 Å². The molecular weight excluding hydrogens is 384 g/mol. The zero-order valence-electron chi connectivity index (χ0n) is 15.6. The van der Waals surface area contributed by atoms with E-state index >= 15 is 0 Å². The van der Waals surface area contributed by atoms with E-state index < -0.39 is 6.61 Å². The molecule has 0 bridgehead atoms. The minimum atomic E-state index is -2.85. The second-order valence-electron chi connectivity index (χ2n) is 6.00. The first-order chi connectivity index (χ1) is 14.0. The van der Waals surface area contributed by atoms with Crippen molar-refractivity contribution in [3.63, 3.8) is 0 Å². The predicted molar refractivity (Wildman–Crippen MR) is 99.6 cm³/mol. The summed E-state index contributed by atoms with van der Waals surface area (Å²) in [6.07, 6.45) is 0.542. The van der Waals surface area contributed by atoms with E-state index in [9.17, 15) is 13.6 Å². The number of nitrogens with zero attached hydrogens (tertiary/aromatic N) is 4. The zero-order valence-corrected chi connectivity index (χ0v) is 15.6. The van der Waals surface area contributed by atoms with Gasteiger partial charge in [-0.15, -0.1) is 10.2 Å². The third kappa shape index (κ3) is 5.96. The van der Waals surface area contributed by atoms with Crippen LogP contribution in [0.2, 0.25) is 0 Å². The Morgan fingerprint density at radius 1 is 1.17 bits per heavy atom. The van der Waals surface area contributed by atoms with Crippen molar-refractivity contribution in [3.8, 4) is 22.9 Å². The number of hydrogen-bond donors (Lipinski definition) is 1. The van der Waals surface area contributed by atoms with Crippen molar-refractivity contribution in [1.29, 1.82) is 0 Å². The fourth-order valence-electron chi connectivity index (χ4n) is 2.56. The van der Waals surface area contributed by atoms with Gasteiger partial charge >= 0.3 is 6.61 Å². The molecule has 0 spiro atoms. The van der Waals surface area contributed by atoms with E-state index in [1.807, 2.05) is 12.1 Å². The van der Waals surface area contributed by atoms with E-state index in [-0.39, 0.29) is 18.2 Å². The summed E-state index contributed by atoms with van der Waals surface area (Å²) in [6, 6.07) is 13.5. The Morgan fingerprint density at radius 3 is 2.69 bits per heavy atom. The van der Waals surface area contributed by atoms with Crippen molar-refractivity contribution >= 4 is 5.91 Å². The summed E-state index contributed by atoms with van der Waals surface area (Å²) in [4.78, 5) is 13.3. The molecule has 0 unspecified atom stereocenters. The van der Waals surface area contributed by atoms with Crippen LogP contribution in [0.4, 0.5) is 8.78 Å². The van der Waals surface area contributed by atoms with Gasteiger partial charge in [0, 0.05) is 12.1 Å². The second-order valence-corrected chi connectivity index (χ2v) is 6.00. The fraction of sp³-hybridized carbons (Fsp3) is 0.263. The maximum absolute atomic E-state index is 12.1. The molecule has 152 valence electrons. The molecule has 0 fully saturated rings. The first kappa shape index (κ1) is 20.2. The topological polar surface area (TPSA) is 91.2 Å². The second kappa shape index (κ2) is 9.58. The van der Waals surface area contributed by atoms with Crippen LogP contribution in [0.3, 0.4) is 0 Å². The van der Waals surface area contributed by atoms with Gasteiger partial charge in [-0.05, 0) is 41.5 Å². The van der Waals surface area contributed by atoms with Crippen molar-refractivity contribution in [2.24, 2.45) is 0 Å². The molecule has 0 atom stereocenters. The molecule has 8 nitrogen and oxygen atoms in total. The number of halogens is 2. The normalized spacial score (nSPS) is 10.8. The molecule has 10 heteroatoms. The Bertz CT molecular complexity index is 947. The van der Waals surface area contributed by atoms with Crippen molar-refractivity contribution in [2.45, 2.75) is 19.6 Å². The first-order valence-electron chi connectivity index (χ1n) is 8.76. The molecular formula is C19H19F2N5O3. The number of aromatic nitrogens is 4. The lowest BCUT2D eigenvalue weighted by Gasteiger charge is -2.07. The number of carbonyl (C=O) groups excluding carboxylic acids is 1. The van der Waals surface area contributed by atoms with Gasteiger partial charge in [-0.25, -0.2) is 0 Å². The molecule has 0 saturated heterocycles. The van der Waals surface area contributed by atoms with Gasteiger partial charge in [-0.3, -0.25) is 4.79 Å². The molecule has 0 aliphatic carbocycles. The number of ether oxygens (including phenoxy) is 2. The summed E-state index contributed by atoms with van der Waals surface area (Å²) in [7, 11) is 1.57. The number of amides is 1. The van der Waals surface area contributed by atoms with Crippen molar-refractivity contribution in [3.05, 3.63) is 54.1 Å². The average molecular weight is 403 g/mol. The third-order valence-corrected chi connectivity index (χ3v) is 3.95. The molecule has 1 heterocycles. The summed E-state index contributed by atoms with van der Waals surface area (Å²) in [5.74, 6) is 0.891. The monoisotopic (exact) mass is 403 g/mol. The number of alkyl halides is 2. The highest BCUT2D eigenvalue weighted by molar-refractivity contribution is 5.75. The summed E-state index contributed by atoms with van der Waals surface area (Å²) < 4.78 is 33.7. The van der Waals surface area contributed by atoms with Crippen LogP contribution < -0.4 is 14.8 Å². The lowest BCUT2D eigenvalue weighted by molar-refractivity contribution is -0.122. The summed E-state index contributed by atoms with van der Waals surface area (Å²) in [5, 5.41) is 14.8. The van der Waals surface area contributed by atoms with Crippen LogP contribution in [0.15, 0.2) is 48.5 Å². The minimum absolute atomic E-state index is 0.0713. The Hall–Kier alpha value is -3.56. The Labute approximate surface area is 165 Å². The van der Waals surface area contributed by atoms with E-state index in [0.29, 0.717) is 24.5 Å².